The number of urea groups is 1. The van der Waals surface area contributed by atoms with Crippen LogP contribution in [0.15, 0.2) is 28.8 Å². The fourth-order valence-electron chi connectivity index (χ4n) is 1.95. The summed E-state index contributed by atoms with van der Waals surface area (Å²) in [6.07, 6.45) is -4.66. The monoisotopic (exact) mass is 347 g/mol. The first-order valence-corrected chi connectivity index (χ1v) is 6.89. The minimum atomic E-state index is -4.66. The van der Waals surface area contributed by atoms with Gasteiger partial charge in [-0.25, -0.2) is 4.79 Å². The summed E-state index contributed by atoms with van der Waals surface area (Å²) in [6, 6.07) is 1.87. The van der Waals surface area contributed by atoms with Crippen LogP contribution in [-0.4, -0.2) is 17.4 Å². The topological polar surface area (TPSA) is 67.2 Å². The van der Waals surface area contributed by atoms with Crippen LogP contribution in [0.3, 0.4) is 0 Å². The molecule has 2 amide bonds. The van der Waals surface area contributed by atoms with E-state index in [0.717, 1.165) is 0 Å². The number of alkyl halides is 3. The molecule has 2 rings (SSSR count). The summed E-state index contributed by atoms with van der Waals surface area (Å²) in [5.41, 5.74) is 0.475. The van der Waals surface area contributed by atoms with Crippen molar-refractivity contribution in [3.63, 3.8) is 0 Å². The van der Waals surface area contributed by atoms with Crippen molar-refractivity contribution in [2.24, 2.45) is 0 Å². The second-order valence-corrected chi connectivity index (χ2v) is 5.26. The predicted molar refractivity (Wildman–Crippen MR) is 78.4 cm³/mol. The molecule has 23 heavy (non-hydrogen) atoms. The van der Waals surface area contributed by atoms with E-state index in [2.05, 4.69) is 10.5 Å². The molecule has 0 radical (unpaired) electrons. The normalized spacial score (nSPS) is 12.8. The van der Waals surface area contributed by atoms with E-state index in [1.165, 1.54) is 31.2 Å². The minimum Gasteiger partial charge on any atom is -0.359 e. The predicted octanol–water partition coefficient (Wildman–Crippen LogP) is 4.37. The summed E-state index contributed by atoms with van der Waals surface area (Å²) in [5, 5.41) is 8.12. The number of amides is 2. The summed E-state index contributed by atoms with van der Waals surface area (Å²) in [4.78, 5) is 11.9. The molecule has 0 fully saturated rings. The minimum absolute atomic E-state index is 0.129. The molecule has 1 heterocycles. The number of aromatic nitrogens is 1. The van der Waals surface area contributed by atoms with Crippen LogP contribution in [0.1, 0.15) is 23.1 Å². The Labute approximate surface area is 134 Å². The highest BCUT2D eigenvalue weighted by atomic mass is 35.5. The van der Waals surface area contributed by atoms with Gasteiger partial charge in [-0.1, -0.05) is 28.9 Å². The molecular formula is C14H13ClF3N3O2. The lowest BCUT2D eigenvalue weighted by molar-refractivity contribution is -0.154. The SMILES string of the molecule is Cc1noc(C)c1NC(=O)N[C@H](c1ccc(Cl)cc1)C(F)(F)F. The molecule has 0 unspecified atom stereocenters. The van der Waals surface area contributed by atoms with Gasteiger partial charge in [0.15, 0.2) is 11.8 Å². The van der Waals surface area contributed by atoms with Gasteiger partial charge in [-0.15, -0.1) is 0 Å². The Hall–Kier alpha value is -2.22. The van der Waals surface area contributed by atoms with Crippen molar-refractivity contribution < 1.29 is 22.5 Å². The summed E-state index contributed by atoms with van der Waals surface area (Å²) < 4.78 is 44.4. The lowest BCUT2D eigenvalue weighted by Gasteiger charge is -2.22. The average Bonchev–Trinajstić information content (AvgIpc) is 2.77. The number of nitrogens with one attached hydrogen (secondary N) is 2. The van der Waals surface area contributed by atoms with Gasteiger partial charge >= 0.3 is 12.2 Å². The van der Waals surface area contributed by atoms with Gasteiger partial charge in [0.2, 0.25) is 0 Å². The second kappa shape index (κ2) is 6.49. The summed E-state index contributed by atoms with van der Waals surface area (Å²) in [6.45, 7) is 3.10. The van der Waals surface area contributed by atoms with Gasteiger partial charge < -0.3 is 15.2 Å². The van der Waals surface area contributed by atoms with Crippen molar-refractivity contribution in [1.82, 2.24) is 10.5 Å². The highest BCUT2D eigenvalue weighted by molar-refractivity contribution is 6.30. The molecular weight excluding hydrogens is 335 g/mol. The molecule has 0 aliphatic carbocycles. The van der Waals surface area contributed by atoms with E-state index < -0.39 is 18.2 Å². The molecule has 1 aromatic heterocycles. The lowest BCUT2D eigenvalue weighted by atomic mass is 10.1. The Kier molecular flexibility index (Phi) is 4.84. The zero-order valence-corrected chi connectivity index (χ0v) is 12.9. The van der Waals surface area contributed by atoms with E-state index in [9.17, 15) is 18.0 Å². The largest absolute Gasteiger partial charge is 0.412 e. The van der Waals surface area contributed by atoms with Gasteiger partial charge in [0.1, 0.15) is 11.4 Å². The molecule has 2 aromatic rings. The molecule has 0 bridgehead atoms. The maximum absolute atomic E-state index is 13.2. The first-order valence-electron chi connectivity index (χ1n) is 6.51. The molecule has 124 valence electrons. The summed E-state index contributed by atoms with van der Waals surface area (Å²) in [7, 11) is 0. The Morgan fingerprint density at radius 3 is 2.35 bits per heavy atom. The van der Waals surface area contributed by atoms with E-state index in [0.29, 0.717) is 16.5 Å². The first-order chi connectivity index (χ1) is 10.7. The number of benzene rings is 1. The Morgan fingerprint density at radius 1 is 1.26 bits per heavy atom. The number of halogens is 4. The standard InChI is InChI=1S/C14H13ClF3N3O2/c1-7-11(8(2)23-21-7)19-13(22)20-12(14(16,17)18)9-3-5-10(15)6-4-9/h3-6,12H,1-2H3,(H2,19,20,22)/t12-/m1/s1. The zero-order valence-electron chi connectivity index (χ0n) is 12.2. The van der Waals surface area contributed by atoms with Crippen LogP contribution in [0.25, 0.3) is 0 Å². The maximum Gasteiger partial charge on any atom is 0.412 e. The number of rotatable bonds is 3. The maximum atomic E-state index is 13.2. The molecule has 0 saturated heterocycles. The van der Waals surface area contributed by atoms with Crippen molar-refractivity contribution in [2.45, 2.75) is 26.1 Å². The van der Waals surface area contributed by atoms with Gasteiger partial charge in [0.05, 0.1) is 0 Å². The molecule has 5 nitrogen and oxygen atoms in total. The third-order valence-electron chi connectivity index (χ3n) is 3.08. The smallest absolute Gasteiger partial charge is 0.359 e. The van der Waals surface area contributed by atoms with E-state index in [1.54, 1.807) is 6.92 Å². The third kappa shape index (κ3) is 4.16. The zero-order chi connectivity index (χ0) is 17.2. The highest BCUT2D eigenvalue weighted by Gasteiger charge is 2.42. The third-order valence-corrected chi connectivity index (χ3v) is 3.33. The number of nitrogens with zero attached hydrogens (tertiary/aromatic N) is 1. The van der Waals surface area contributed by atoms with Gasteiger partial charge in [-0.3, -0.25) is 0 Å². The fraction of sp³-hybridized carbons (Fsp3) is 0.286. The van der Waals surface area contributed by atoms with Crippen molar-refractivity contribution in [3.8, 4) is 0 Å². The van der Waals surface area contributed by atoms with Crippen LogP contribution in [-0.2, 0) is 0 Å². The number of anilines is 1. The van der Waals surface area contributed by atoms with Crippen LogP contribution in [0, 0.1) is 13.8 Å². The molecule has 0 spiro atoms. The first kappa shape index (κ1) is 17.1. The van der Waals surface area contributed by atoms with E-state index in [1.807, 2.05) is 5.32 Å². The van der Waals surface area contributed by atoms with Crippen LogP contribution in [0.5, 0.6) is 0 Å². The fourth-order valence-corrected chi connectivity index (χ4v) is 2.08. The Balaban J connectivity index is 2.18. The molecule has 0 saturated carbocycles. The summed E-state index contributed by atoms with van der Waals surface area (Å²) >= 11 is 5.67. The Morgan fingerprint density at radius 2 is 1.87 bits per heavy atom. The van der Waals surface area contributed by atoms with Crippen LogP contribution < -0.4 is 10.6 Å². The second-order valence-electron chi connectivity index (χ2n) is 4.82. The molecule has 0 aliphatic rings. The molecule has 0 aliphatic heterocycles. The van der Waals surface area contributed by atoms with Crippen molar-refractivity contribution in [2.75, 3.05) is 5.32 Å². The van der Waals surface area contributed by atoms with Crippen LogP contribution in [0.2, 0.25) is 5.02 Å². The highest BCUT2D eigenvalue weighted by Crippen LogP contribution is 2.33. The number of carbonyl (C=O) groups excluding carboxylic acids is 1. The van der Waals surface area contributed by atoms with Gasteiger partial charge in [0.25, 0.3) is 0 Å². The van der Waals surface area contributed by atoms with E-state index >= 15 is 0 Å². The Bertz CT molecular complexity index is 679. The molecule has 1 atom stereocenters. The van der Waals surface area contributed by atoms with Crippen molar-refractivity contribution >= 4 is 23.3 Å². The van der Waals surface area contributed by atoms with Crippen molar-refractivity contribution in [3.05, 3.63) is 46.3 Å². The lowest BCUT2D eigenvalue weighted by Crippen LogP contribution is -2.40. The summed E-state index contributed by atoms with van der Waals surface area (Å²) in [5.74, 6) is 0.299. The van der Waals surface area contributed by atoms with Gasteiger partial charge in [0, 0.05) is 5.02 Å². The van der Waals surface area contributed by atoms with Gasteiger partial charge in [-0.05, 0) is 31.5 Å². The average molecular weight is 348 g/mol. The van der Waals surface area contributed by atoms with Crippen molar-refractivity contribution in [1.29, 1.82) is 0 Å². The number of hydrogen-bond donors (Lipinski definition) is 2. The quantitative estimate of drug-likeness (QED) is 0.866. The van der Waals surface area contributed by atoms with Crippen LogP contribution >= 0.6 is 11.6 Å². The molecule has 1 aromatic carbocycles. The van der Waals surface area contributed by atoms with E-state index in [-0.39, 0.29) is 11.3 Å². The van der Waals surface area contributed by atoms with Crippen LogP contribution in [0.4, 0.5) is 23.7 Å². The molecule has 9 heteroatoms. The van der Waals surface area contributed by atoms with Gasteiger partial charge in [-0.2, -0.15) is 13.2 Å². The molecule has 2 N–H and O–H groups in total. The number of carbonyl (C=O) groups is 1. The number of aryl methyl sites for hydroxylation is 2. The number of hydrogen-bond acceptors (Lipinski definition) is 3. The van der Waals surface area contributed by atoms with E-state index in [4.69, 9.17) is 16.1 Å².